The van der Waals surface area contributed by atoms with Crippen molar-refractivity contribution in [2.45, 2.75) is 84.0 Å². The van der Waals surface area contributed by atoms with Crippen LogP contribution in [0.3, 0.4) is 0 Å². The van der Waals surface area contributed by atoms with E-state index in [1.54, 1.807) is 4.57 Å². The first-order valence-electron chi connectivity index (χ1n) is 37.4. The molecule has 5 heteroatoms. The van der Waals surface area contributed by atoms with Gasteiger partial charge in [0, 0.05) is 61.0 Å². The first-order chi connectivity index (χ1) is 48.9. The van der Waals surface area contributed by atoms with Crippen LogP contribution in [0.15, 0.2) is 261 Å². The lowest BCUT2D eigenvalue weighted by Gasteiger charge is -2.50. The molecule has 1 spiro atoms. The average Bonchev–Trinajstić information content (AvgIpc) is 0.967. The standard InChI is InChI=1S/C85H70BN3O/c1-82(2,3)56-37-43-74(63(47-56)54-26-14-11-15-27-54)89-77-46-55(53-24-12-10-13-25-53)36-41-71(77)86-70-42-40-59(87-75-44-38-57(83(4,5)6)48-64(75)65-49-58(84(7,8)9)39-45-76(65)87)50-68(70)85(66-30-18-22-34-79(66)90-80-35-23-19-31-67(80)85)69-51-60(52-78(89)81(69)86)88-72-32-20-16-28-61(72)62-29-17-21-33-73(62)88/h10-52H,1-9H3/i10D,12D,13D,16D,17D,20D,21D,24D,25D,28D,29D,32D,33D. The van der Waals surface area contributed by atoms with Crippen LogP contribution in [0.5, 0.6) is 11.5 Å². The Kier molecular flexibility index (Phi) is 9.07. The SMILES string of the molecule is [2H]c1c([2H])c([2H])c(-c2ccc3c(c2)N(c2ccc(C(C)(C)C)cc2-c2ccccc2)c2cc(-n4c5c([2H])c([2H])c([2H])c([2H])c5c5c([2H])c([2H])c([2H])c([2H])c54)cc4c2B3c2ccc(-n3c5ccc(C(C)(C)C)cc5c5cc(C(C)(C)C)ccc53)cc2C42c3ccccc3Oc3ccccc32)c([2H])c1[2H]. The van der Waals surface area contributed by atoms with Crippen molar-refractivity contribution in [1.29, 1.82) is 0 Å². The van der Waals surface area contributed by atoms with Gasteiger partial charge >= 0.3 is 0 Å². The molecule has 0 amide bonds. The summed E-state index contributed by atoms with van der Waals surface area (Å²) in [6.45, 7) is 19.2. The summed E-state index contributed by atoms with van der Waals surface area (Å²) in [6, 6.07) is 56.6. The summed E-state index contributed by atoms with van der Waals surface area (Å²) < 4.78 is 134. The zero-order chi connectivity index (χ0) is 72.5. The monoisotopic (exact) mass is 1170 g/mol. The maximum absolute atomic E-state index is 10.0. The second-order valence-corrected chi connectivity index (χ2v) is 27.5. The number of rotatable bonds is 5. The molecule has 0 atom stereocenters. The first-order valence-corrected chi connectivity index (χ1v) is 30.9. The Morgan fingerprint density at radius 2 is 0.900 bits per heavy atom. The summed E-state index contributed by atoms with van der Waals surface area (Å²) in [4.78, 5) is 2.18. The first kappa shape index (κ1) is 41.9. The van der Waals surface area contributed by atoms with Crippen molar-refractivity contribution in [2.75, 3.05) is 4.90 Å². The number of hydrogen-bond donors (Lipinski definition) is 0. The van der Waals surface area contributed by atoms with Gasteiger partial charge in [0.25, 0.3) is 0 Å². The van der Waals surface area contributed by atoms with E-state index in [9.17, 15) is 11.0 Å². The number of fused-ring (bicyclic) bond motifs is 16. The molecule has 0 fully saturated rings. The zero-order valence-electron chi connectivity index (χ0n) is 64.6. The van der Waals surface area contributed by atoms with Crippen LogP contribution in [0.4, 0.5) is 17.1 Å². The highest BCUT2D eigenvalue weighted by Crippen LogP contribution is 2.58. The Morgan fingerprint density at radius 3 is 1.52 bits per heavy atom. The fourth-order valence-corrected chi connectivity index (χ4v) is 14.9. The molecule has 0 bridgehead atoms. The number of para-hydroxylation sites is 4. The van der Waals surface area contributed by atoms with Crippen molar-refractivity contribution >= 4 is 83.8 Å². The quantitative estimate of drug-likeness (QED) is 0.160. The summed E-state index contributed by atoms with van der Waals surface area (Å²) >= 11 is 0. The number of anilines is 3. The van der Waals surface area contributed by atoms with Crippen molar-refractivity contribution in [3.8, 4) is 45.1 Å². The summed E-state index contributed by atoms with van der Waals surface area (Å²) in [5.74, 6) is 1.16. The van der Waals surface area contributed by atoms with Gasteiger partial charge in [-0.1, -0.05) is 237 Å². The molecule has 4 nitrogen and oxygen atoms in total. The Hall–Kier alpha value is -10.1. The Labute approximate surface area is 546 Å². The van der Waals surface area contributed by atoms with E-state index in [1.807, 2.05) is 78.9 Å². The molecule has 0 radical (unpaired) electrons. The van der Waals surface area contributed by atoms with Crippen molar-refractivity contribution in [3.05, 3.63) is 299 Å². The molecule has 0 saturated heterocycles. The second kappa shape index (κ2) is 19.5. The van der Waals surface area contributed by atoms with Gasteiger partial charge in [-0.15, -0.1) is 0 Å². The zero-order valence-corrected chi connectivity index (χ0v) is 51.6. The minimum absolute atomic E-state index is 0.00683. The molecule has 90 heavy (non-hydrogen) atoms. The second-order valence-electron chi connectivity index (χ2n) is 27.5. The lowest BCUT2D eigenvalue weighted by molar-refractivity contribution is 0.435. The van der Waals surface area contributed by atoms with Crippen LogP contribution in [0.25, 0.3) is 77.2 Å². The van der Waals surface area contributed by atoms with Crippen molar-refractivity contribution in [1.82, 2.24) is 9.13 Å². The van der Waals surface area contributed by atoms with Crippen LogP contribution in [0.1, 0.15) is 119 Å². The Balaban J connectivity index is 1.11. The third kappa shape index (κ3) is 7.94. The average molecular weight is 1170 g/mol. The van der Waals surface area contributed by atoms with E-state index in [1.165, 1.54) is 11.1 Å². The molecule has 434 valence electrons. The molecule has 14 aromatic rings. The van der Waals surface area contributed by atoms with Gasteiger partial charge in [0.05, 0.1) is 51.0 Å². The summed E-state index contributed by atoms with van der Waals surface area (Å²) in [5.41, 5.74) is 14.1. The molecule has 5 heterocycles. The molecular formula is C85H70BN3O. The van der Waals surface area contributed by atoms with E-state index in [0.717, 1.165) is 82.8 Å². The fraction of sp³-hybridized carbons (Fsp3) is 0.153. The molecule has 3 aliphatic heterocycles. The third-order valence-electron chi connectivity index (χ3n) is 19.2. The van der Waals surface area contributed by atoms with Crippen molar-refractivity contribution in [2.24, 2.45) is 0 Å². The normalized spacial score (nSPS) is 16.0. The molecule has 0 N–H and O–H groups in total. The molecule has 3 aliphatic rings. The van der Waals surface area contributed by atoms with E-state index in [4.69, 9.17) is 11.6 Å². The van der Waals surface area contributed by atoms with Crippen molar-refractivity contribution in [3.63, 3.8) is 0 Å². The van der Waals surface area contributed by atoms with Crippen LogP contribution >= 0.6 is 0 Å². The highest BCUT2D eigenvalue weighted by Gasteiger charge is 2.55. The van der Waals surface area contributed by atoms with Gasteiger partial charge in [-0.2, -0.15) is 0 Å². The molecule has 17 rings (SSSR count). The lowest BCUT2D eigenvalue weighted by Crippen LogP contribution is -2.65. The predicted octanol–water partition coefficient (Wildman–Crippen LogP) is 20.2. The Morgan fingerprint density at radius 1 is 0.367 bits per heavy atom. The third-order valence-corrected chi connectivity index (χ3v) is 19.2. The summed E-state index contributed by atoms with van der Waals surface area (Å²) in [6.07, 6.45) is 0. The van der Waals surface area contributed by atoms with E-state index >= 15 is 0 Å². The van der Waals surface area contributed by atoms with E-state index in [0.29, 0.717) is 39.8 Å². The van der Waals surface area contributed by atoms with Crippen LogP contribution < -0.4 is 26.0 Å². The minimum Gasteiger partial charge on any atom is -0.457 e. The van der Waals surface area contributed by atoms with E-state index < -0.39 is 78.6 Å². The van der Waals surface area contributed by atoms with Gasteiger partial charge in [-0.3, -0.25) is 0 Å². The predicted molar refractivity (Wildman–Crippen MR) is 380 cm³/mol. The number of nitrogens with zero attached hydrogens (tertiary/aromatic N) is 3. The van der Waals surface area contributed by atoms with Crippen LogP contribution in [-0.4, -0.2) is 15.8 Å². The fourth-order valence-electron chi connectivity index (χ4n) is 14.9. The van der Waals surface area contributed by atoms with Gasteiger partial charge < -0.3 is 18.8 Å². The van der Waals surface area contributed by atoms with E-state index in [-0.39, 0.29) is 55.7 Å². The topological polar surface area (TPSA) is 22.3 Å². The number of aromatic nitrogens is 2. The molecule has 0 aliphatic carbocycles. The number of ether oxygens (including phenoxy) is 1. The lowest BCUT2D eigenvalue weighted by atomic mass is 9.29. The molecule has 0 unspecified atom stereocenters. The Bertz CT molecular complexity index is 5890. The highest BCUT2D eigenvalue weighted by atomic mass is 16.5. The van der Waals surface area contributed by atoms with Gasteiger partial charge in [0.15, 0.2) is 0 Å². The molecule has 2 aromatic heterocycles. The van der Waals surface area contributed by atoms with Gasteiger partial charge in [-0.25, -0.2) is 0 Å². The largest absolute Gasteiger partial charge is 0.457 e. The van der Waals surface area contributed by atoms with Crippen LogP contribution in [-0.2, 0) is 21.7 Å². The van der Waals surface area contributed by atoms with Crippen LogP contribution in [0, 0.1) is 0 Å². The van der Waals surface area contributed by atoms with Gasteiger partial charge in [0.2, 0.25) is 6.71 Å². The van der Waals surface area contributed by atoms with Crippen molar-refractivity contribution < 1.29 is 22.6 Å². The van der Waals surface area contributed by atoms with Crippen LogP contribution in [0.2, 0.25) is 0 Å². The highest BCUT2D eigenvalue weighted by molar-refractivity contribution is 6.99. The summed E-state index contributed by atoms with van der Waals surface area (Å²) in [7, 11) is 0. The maximum Gasteiger partial charge on any atom is 0.247 e. The number of hydrogen-bond acceptors (Lipinski definition) is 2. The molecule has 12 aromatic carbocycles. The maximum atomic E-state index is 10.0. The number of benzene rings is 12. The van der Waals surface area contributed by atoms with Gasteiger partial charge in [0.1, 0.15) is 11.5 Å². The smallest absolute Gasteiger partial charge is 0.247 e. The van der Waals surface area contributed by atoms with Gasteiger partial charge in [-0.05, 0) is 163 Å². The minimum atomic E-state index is -1.36. The summed E-state index contributed by atoms with van der Waals surface area (Å²) in [5, 5.41) is 2.06. The molecular weight excluding hydrogens is 1090 g/mol. The van der Waals surface area contributed by atoms with E-state index in [2.05, 4.69) is 175 Å². The molecule has 0 saturated carbocycles.